The lowest BCUT2D eigenvalue weighted by atomic mass is 9.95. The molecule has 0 radical (unpaired) electrons. The average Bonchev–Trinajstić information content (AvgIpc) is 2.85. The number of rotatable bonds is 11. The summed E-state index contributed by atoms with van der Waals surface area (Å²) in [5, 5.41) is 3.43. The topological polar surface area (TPSA) is 71.1 Å². The minimum Gasteiger partial charge on any atom is -0.490 e. The number of carbonyl (C=O) groups is 2. The second kappa shape index (κ2) is 12.7. The fourth-order valence-electron chi connectivity index (χ4n) is 4.49. The van der Waals surface area contributed by atoms with E-state index in [0.29, 0.717) is 62.1 Å². The second-order valence-corrected chi connectivity index (χ2v) is 9.26. The van der Waals surface area contributed by atoms with Gasteiger partial charge in [-0.1, -0.05) is 19.9 Å². The molecule has 196 valence electrons. The van der Waals surface area contributed by atoms with E-state index in [9.17, 15) is 14.0 Å². The highest BCUT2D eigenvalue weighted by Gasteiger charge is 2.25. The smallest absolute Gasteiger partial charge is 0.236 e. The molecule has 0 bridgehead atoms. The molecular formula is C28H38FN3O4. The van der Waals surface area contributed by atoms with E-state index in [4.69, 9.17) is 9.47 Å². The van der Waals surface area contributed by atoms with Gasteiger partial charge in [0, 0.05) is 37.8 Å². The number of nitrogens with zero attached hydrogens (tertiary/aromatic N) is 2. The Morgan fingerprint density at radius 2 is 1.64 bits per heavy atom. The second-order valence-electron chi connectivity index (χ2n) is 9.26. The van der Waals surface area contributed by atoms with Crippen molar-refractivity contribution < 1.29 is 23.5 Å². The van der Waals surface area contributed by atoms with E-state index in [1.165, 1.54) is 13.0 Å². The third kappa shape index (κ3) is 6.75. The van der Waals surface area contributed by atoms with Crippen molar-refractivity contribution in [2.75, 3.05) is 50.8 Å². The summed E-state index contributed by atoms with van der Waals surface area (Å²) < 4.78 is 26.0. The summed E-state index contributed by atoms with van der Waals surface area (Å²) in [5.74, 6) is 1.11. The van der Waals surface area contributed by atoms with Gasteiger partial charge in [-0.05, 0) is 62.6 Å². The van der Waals surface area contributed by atoms with Crippen LogP contribution in [0.15, 0.2) is 36.4 Å². The van der Waals surface area contributed by atoms with Crippen molar-refractivity contribution in [1.82, 2.24) is 10.2 Å². The van der Waals surface area contributed by atoms with Crippen LogP contribution in [0, 0.1) is 11.7 Å². The molecule has 1 aliphatic rings. The molecule has 8 heteroatoms. The summed E-state index contributed by atoms with van der Waals surface area (Å²) in [6, 6.07) is 10.5. The Hall–Kier alpha value is -3.13. The number of piperazine rings is 1. The minimum atomic E-state index is -0.411. The van der Waals surface area contributed by atoms with Crippen LogP contribution in [0.4, 0.5) is 10.1 Å². The van der Waals surface area contributed by atoms with Crippen LogP contribution in [0.3, 0.4) is 0 Å². The Balaban J connectivity index is 1.60. The van der Waals surface area contributed by atoms with E-state index < -0.39 is 5.82 Å². The summed E-state index contributed by atoms with van der Waals surface area (Å²) in [6.45, 7) is 12.9. The van der Waals surface area contributed by atoms with E-state index in [0.717, 1.165) is 5.56 Å². The highest BCUT2D eigenvalue weighted by atomic mass is 19.1. The predicted molar refractivity (Wildman–Crippen MR) is 140 cm³/mol. The van der Waals surface area contributed by atoms with Crippen molar-refractivity contribution in [3.8, 4) is 11.5 Å². The quantitative estimate of drug-likeness (QED) is 0.461. The zero-order valence-electron chi connectivity index (χ0n) is 22.0. The van der Waals surface area contributed by atoms with Gasteiger partial charge in [0.2, 0.25) is 5.91 Å². The van der Waals surface area contributed by atoms with Gasteiger partial charge in [-0.15, -0.1) is 0 Å². The Kier molecular flexibility index (Phi) is 9.70. The molecule has 1 heterocycles. The van der Waals surface area contributed by atoms with Gasteiger partial charge < -0.3 is 24.6 Å². The first-order valence-corrected chi connectivity index (χ1v) is 12.7. The van der Waals surface area contributed by atoms with Crippen molar-refractivity contribution in [2.45, 2.75) is 40.7 Å². The largest absolute Gasteiger partial charge is 0.490 e. The lowest BCUT2D eigenvalue weighted by Crippen LogP contribution is -2.51. The number of benzene rings is 2. The molecule has 0 aromatic heterocycles. The van der Waals surface area contributed by atoms with Crippen LogP contribution in [-0.4, -0.2) is 62.5 Å². The Morgan fingerprint density at radius 3 is 2.22 bits per heavy atom. The molecule has 2 aromatic carbocycles. The molecule has 0 saturated carbocycles. The summed E-state index contributed by atoms with van der Waals surface area (Å²) in [7, 11) is 0. The van der Waals surface area contributed by atoms with E-state index in [2.05, 4.69) is 19.2 Å². The molecule has 1 saturated heterocycles. The minimum absolute atomic E-state index is 0.0173. The van der Waals surface area contributed by atoms with Gasteiger partial charge in [-0.25, -0.2) is 4.39 Å². The molecule has 7 nitrogen and oxygen atoms in total. The van der Waals surface area contributed by atoms with Gasteiger partial charge in [0.25, 0.3) is 0 Å². The lowest BCUT2D eigenvalue weighted by molar-refractivity contribution is -0.130. The number of amides is 1. The molecule has 36 heavy (non-hydrogen) atoms. The number of ketones is 1. The van der Waals surface area contributed by atoms with E-state index in [-0.39, 0.29) is 30.2 Å². The molecule has 1 aliphatic heterocycles. The highest BCUT2D eigenvalue weighted by Crippen LogP contribution is 2.33. The Morgan fingerprint density at radius 1 is 0.972 bits per heavy atom. The molecular weight excluding hydrogens is 461 g/mol. The van der Waals surface area contributed by atoms with Gasteiger partial charge in [0.05, 0.1) is 25.4 Å². The molecule has 0 unspecified atom stereocenters. The molecule has 0 spiro atoms. The highest BCUT2D eigenvalue weighted by molar-refractivity contribution is 5.94. The normalized spacial score (nSPS) is 14.6. The van der Waals surface area contributed by atoms with Crippen molar-refractivity contribution in [3.05, 3.63) is 53.3 Å². The van der Waals surface area contributed by atoms with Gasteiger partial charge in [0.15, 0.2) is 17.3 Å². The number of nitrogens with one attached hydrogen (secondary N) is 1. The number of hydrogen-bond donors (Lipinski definition) is 1. The number of Topliss-reactive ketones (excluding diaryl/α,β-unsaturated/α-hetero) is 1. The van der Waals surface area contributed by atoms with Gasteiger partial charge in [-0.3, -0.25) is 9.59 Å². The Labute approximate surface area is 213 Å². The van der Waals surface area contributed by atoms with Crippen molar-refractivity contribution in [2.24, 2.45) is 5.92 Å². The maximum Gasteiger partial charge on any atom is 0.236 e. The molecule has 2 aromatic rings. The number of hydrogen-bond acceptors (Lipinski definition) is 6. The van der Waals surface area contributed by atoms with E-state index in [1.54, 1.807) is 12.1 Å². The SMILES string of the molecule is CCOc1ccc([C@H](NCC(=O)N2CCN(c3ccc(C(C)=O)cc3F)CC2)C(C)C)cc1OCC. The number of halogens is 1. The summed E-state index contributed by atoms with van der Waals surface area (Å²) in [5.41, 5.74) is 1.86. The molecule has 1 fully saturated rings. The van der Waals surface area contributed by atoms with Gasteiger partial charge in [-0.2, -0.15) is 0 Å². The van der Waals surface area contributed by atoms with Crippen LogP contribution < -0.4 is 19.7 Å². The fraction of sp³-hybridized carbons (Fsp3) is 0.500. The predicted octanol–water partition coefficient (Wildman–Crippen LogP) is 4.46. The standard InChI is InChI=1S/C28H38FN3O4/c1-6-35-25-11-9-22(17-26(25)36-7-2)28(19(3)4)30-18-27(34)32-14-12-31(13-15-32)24-10-8-21(20(5)33)16-23(24)29/h8-11,16-17,19,28,30H,6-7,12-15,18H2,1-5H3/t28-/m1/s1. The number of carbonyl (C=O) groups excluding carboxylic acids is 2. The maximum absolute atomic E-state index is 14.5. The van der Waals surface area contributed by atoms with Gasteiger partial charge >= 0.3 is 0 Å². The summed E-state index contributed by atoms with van der Waals surface area (Å²) in [4.78, 5) is 28.2. The lowest BCUT2D eigenvalue weighted by Gasteiger charge is -2.36. The molecule has 3 rings (SSSR count). The zero-order chi connectivity index (χ0) is 26.2. The molecule has 1 N–H and O–H groups in total. The maximum atomic E-state index is 14.5. The third-order valence-corrected chi connectivity index (χ3v) is 6.39. The number of ether oxygens (including phenoxy) is 2. The van der Waals surface area contributed by atoms with Crippen LogP contribution in [-0.2, 0) is 4.79 Å². The van der Waals surface area contributed by atoms with Crippen LogP contribution in [0.25, 0.3) is 0 Å². The average molecular weight is 500 g/mol. The van der Waals surface area contributed by atoms with Crippen LogP contribution >= 0.6 is 0 Å². The number of anilines is 1. The van der Waals surface area contributed by atoms with Crippen molar-refractivity contribution in [1.29, 1.82) is 0 Å². The van der Waals surface area contributed by atoms with E-state index >= 15 is 0 Å². The van der Waals surface area contributed by atoms with Crippen LogP contribution in [0.5, 0.6) is 11.5 Å². The molecule has 1 atom stereocenters. The fourth-order valence-corrected chi connectivity index (χ4v) is 4.49. The molecule has 1 amide bonds. The Bertz CT molecular complexity index is 1050. The van der Waals surface area contributed by atoms with E-state index in [1.807, 2.05) is 41.8 Å². The van der Waals surface area contributed by atoms with Crippen molar-refractivity contribution in [3.63, 3.8) is 0 Å². The summed E-state index contributed by atoms with van der Waals surface area (Å²) >= 11 is 0. The first kappa shape index (κ1) is 27.5. The molecule has 0 aliphatic carbocycles. The third-order valence-electron chi connectivity index (χ3n) is 6.39. The first-order chi connectivity index (χ1) is 17.2. The first-order valence-electron chi connectivity index (χ1n) is 12.7. The van der Waals surface area contributed by atoms with Gasteiger partial charge in [0.1, 0.15) is 5.82 Å². The monoisotopic (exact) mass is 499 g/mol. The zero-order valence-corrected chi connectivity index (χ0v) is 22.0. The van der Waals surface area contributed by atoms with Crippen molar-refractivity contribution >= 4 is 17.4 Å². The van der Waals surface area contributed by atoms with Crippen LogP contribution in [0.2, 0.25) is 0 Å². The van der Waals surface area contributed by atoms with Crippen LogP contribution in [0.1, 0.15) is 56.6 Å². The summed E-state index contributed by atoms with van der Waals surface area (Å²) in [6.07, 6.45) is 0.